The third-order valence-corrected chi connectivity index (χ3v) is 3.54. The highest BCUT2D eigenvalue weighted by molar-refractivity contribution is 5.94. The van der Waals surface area contributed by atoms with Crippen molar-refractivity contribution in [2.75, 3.05) is 6.54 Å². The molecule has 96 valence electrons. The average molecular weight is 253 g/mol. The van der Waals surface area contributed by atoms with Crippen molar-refractivity contribution in [3.8, 4) is 0 Å². The first-order chi connectivity index (χ1) is 9.27. The Morgan fingerprint density at radius 2 is 2.11 bits per heavy atom. The molecule has 4 nitrogen and oxygen atoms in total. The molecule has 1 aliphatic heterocycles. The van der Waals surface area contributed by atoms with Gasteiger partial charge >= 0.3 is 0 Å². The van der Waals surface area contributed by atoms with Gasteiger partial charge in [-0.1, -0.05) is 24.3 Å². The van der Waals surface area contributed by atoms with Crippen molar-refractivity contribution in [2.24, 2.45) is 5.73 Å². The molecule has 3 rings (SSSR count). The second kappa shape index (κ2) is 4.82. The number of amides is 1. The van der Waals surface area contributed by atoms with Gasteiger partial charge in [0.25, 0.3) is 5.91 Å². The van der Waals surface area contributed by atoms with E-state index in [0.29, 0.717) is 5.56 Å². The van der Waals surface area contributed by atoms with Crippen LogP contribution in [0, 0.1) is 0 Å². The van der Waals surface area contributed by atoms with Gasteiger partial charge in [-0.15, -0.1) is 0 Å². The molecule has 0 fully saturated rings. The zero-order valence-corrected chi connectivity index (χ0v) is 10.5. The van der Waals surface area contributed by atoms with Crippen molar-refractivity contribution in [3.05, 3.63) is 65.0 Å². The molecule has 4 heteroatoms. The molecule has 1 aliphatic rings. The lowest BCUT2D eigenvalue weighted by Crippen LogP contribution is -2.32. The maximum atomic E-state index is 11.5. The molecule has 0 saturated carbocycles. The predicted octanol–water partition coefficient (Wildman–Crippen LogP) is 1.42. The third kappa shape index (κ3) is 2.11. The summed E-state index contributed by atoms with van der Waals surface area (Å²) in [6.07, 6.45) is 4.24. The van der Waals surface area contributed by atoms with Crippen molar-refractivity contribution in [2.45, 2.75) is 12.5 Å². The number of nitrogens with two attached hydrogens (primary N) is 1. The number of nitrogens with one attached hydrogen (secondary N) is 1. The van der Waals surface area contributed by atoms with Gasteiger partial charge in [-0.05, 0) is 29.2 Å². The van der Waals surface area contributed by atoms with Gasteiger partial charge in [0.15, 0.2) is 0 Å². The zero-order chi connectivity index (χ0) is 13.2. The van der Waals surface area contributed by atoms with Crippen LogP contribution in [0.5, 0.6) is 0 Å². The van der Waals surface area contributed by atoms with Crippen LogP contribution in [0.25, 0.3) is 0 Å². The molecule has 1 amide bonds. The highest BCUT2D eigenvalue weighted by Gasteiger charge is 2.24. The fourth-order valence-electron chi connectivity index (χ4n) is 2.64. The van der Waals surface area contributed by atoms with Gasteiger partial charge in [-0.2, -0.15) is 0 Å². The lowest BCUT2D eigenvalue weighted by molar-refractivity contribution is 0.0998. The largest absolute Gasteiger partial charge is 0.366 e. The minimum Gasteiger partial charge on any atom is -0.366 e. The van der Waals surface area contributed by atoms with Crippen LogP contribution >= 0.6 is 0 Å². The molecule has 0 bridgehead atoms. The van der Waals surface area contributed by atoms with Gasteiger partial charge in [0.2, 0.25) is 0 Å². The van der Waals surface area contributed by atoms with E-state index in [1.807, 2.05) is 18.2 Å². The van der Waals surface area contributed by atoms with E-state index in [4.69, 9.17) is 5.73 Å². The van der Waals surface area contributed by atoms with E-state index in [2.05, 4.69) is 22.4 Å². The molecule has 2 heterocycles. The summed E-state index contributed by atoms with van der Waals surface area (Å²) in [5.74, 6) is -0.437. The van der Waals surface area contributed by atoms with E-state index in [9.17, 15) is 4.79 Å². The first-order valence-electron chi connectivity index (χ1n) is 6.32. The summed E-state index contributed by atoms with van der Waals surface area (Å²) < 4.78 is 0. The van der Waals surface area contributed by atoms with Crippen LogP contribution in [0.2, 0.25) is 0 Å². The van der Waals surface area contributed by atoms with E-state index in [0.717, 1.165) is 18.5 Å². The second-order valence-corrected chi connectivity index (χ2v) is 4.66. The van der Waals surface area contributed by atoms with Crippen LogP contribution in [0.4, 0.5) is 0 Å². The Morgan fingerprint density at radius 3 is 2.95 bits per heavy atom. The van der Waals surface area contributed by atoms with Crippen LogP contribution in [0.15, 0.2) is 42.7 Å². The molecule has 2 aromatic rings. The summed E-state index contributed by atoms with van der Waals surface area (Å²) in [6.45, 7) is 0.891. The summed E-state index contributed by atoms with van der Waals surface area (Å²) in [5.41, 5.74) is 9.34. The smallest absolute Gasteiger partial charge is 0.250 e. The van der Waals surface area contributed by atoms with Gasteiger partial charge in [0.05, 0.1) is 11.6 Å². The minimum atomic E-state index is -0.437. The summed E-state index contributed by atoms with van der Waals surface area (Å²) >= 11 is 0. The fourth-order valence-corrected chi connectivity index (χ4v) is 2.64. The minimum absolute atomic E-state index is 0.00968. The summed E-state index contributed by atoms with van der Waals surface area (Å²) in [6, 6.07) is 10.2. The van der Waals surface area contributed by atoms with Crippen LogP contribution in [-0.4, -0.2) is 17.4 Å². The molecule has 1 atom stereocenters. The molecule has 1 aromatic heterocycles. The molecular weight excluding hydrogens is 238 g/mol. The standard InChI is InChI=1S/C15H15N3O/c16-15(19)13-9-17-7-6-12(13)14-11-4-2-1-3-10(11)5-8-18-14/h1-4,6-7,9,14,18H,5,8H2,(H2,16,19). The number of pyridine rings is 1. The SMILES string of the molecule is NC(=O)c1cnccc1C1NCCc2ccccc21. The molecular formula is C15H15N3O. The maximum Gasteiger partial charge on any atom is 0.250 e. The molecule has 0 saturated heterocycles. The van der Waals surface area contributed by atoms with Gasteiger partial charge in [0, 0.05) is 18.9 Å². The molecule has 0 aliphatic carbocycles. The topological polar surface area (TPSA) is 68.0 Å². The summed E-state index contributed by atoms with van der Waals surface area (Å²) in [5, 5.41) is 3.45. The highest BCUT2D eigenvalue weighted by Crippen LogP contribution is 2.29. The van der Waals surface area contributed by atoms with E-state index in [-0.39, 0.29) is 6.04 Å². The number of aromatic nitrogens is 1. The van der Waals surface area contributed by atoms with E-state index in [1.54, 1.807) is 6.20 Å². The van der Waals surface area contributed by atoms with Crippen molar-refractivity contribution < 1.29 is 4.79 Å². The van der Waals surface area contributed by atoms with Gasteiger partial charge in [-0.3, -0.25) is 9.78 Å². The Labute approximate surface area is 111 Å². The zero-order valence-electron chi connectivity index (χ0n) is 10.5. The number of nitrogens with zero attached hydrogens (tertiary/aromatic N) is 1. The van der Waals surface area contributed by atoms with Crippen molar-refractivity contribution in [1.82, 2.24) is 10.3 Å². The van der Waals surface area contributed by atoms with Crippen LogP contribution < -0.4 is 11.1 Å². The fraction of sp³-hybridized carbons (Fsp3) is 0.200. The number of benzene rings is 1. The Balaban J connectivity index is 2.12. The Bertz CT molecular complexity index is 624. The van der Waals surface area contributed by atoms with Gasteiger partial charge in [-0.25, -0.2) is 0 Å². The second-order valence-electron chi connectivity index (χ2n) is 4.66. The lowest BCUT2D eigenvalue weighted by atomic mass is 9.88. The highest BCUT2D eigenvalue weighted by atomic mass is 16.1. The molecule has 19 heavy (non-hydrogen) atoms. The Morgan fingerprint density at radius 1 is 1.26 bits per heavy atom. The number of carbonyl (C=O) groups excluding carboxylic acids is 1. The van der Waals surface area contributed by atoms with Gasteiger partial charge < -0.3 is 11.1 Å². The monoisotopic (exact) mass is 253 g/mol. The number of hydrogen-bond donors (Lipinski definition) is 2. The number of primary amides is 1. The number of rotatable bonds is 2. The summed E-state index contributed by atoms with van der Waals surface area (Å²) in [4.78, 5) is 15.5. The molecule has 3 N–H and O–H groups in total. The Kier molecular flexibility index (Phi) is 3.01. The molecule has 1 unspecified atom stereocenters. The maximum absolute atomic E-state index is 11.5. The number of hydrogen-bond acceptors (Lipinski definition) is 3. The molecule has 0 spiro atoms. The van der Waals surface area contributed by atoms with E-state index < -0.39 is 5.91 Å². The van der Waals surface area contributed by atoms with Crippen molar-refractivity contribution in [1.29, 1.82) is 0 Å². The normalized spacial score (nSPS) is 17.8. The van der Waals surface area contributed by atoms with Crippen molar-refractivity contribution in [3.63, 3.8) is 0 Å². The first kappa shape index (κ1) is 11.9. The lowest BCUT2D eigenvalue weighted by Gasteiger charge is -2.28. The number of carbonyl (C=O) groups is 1. The predicted molar refractivity (Wildman–Crippen MR) is 72.7 cm³/mol. The van der Waals surface area contributed by atoms with Crippen LogP contribution in [0.3, 0.4) is 0 Å². The third-order valence-electron chi connectivity index (χ3n) is 3.54. The molecule has 0 radical (unpaired) electrons. The van der Waals surface area contributed by atoms with Crippen LogP contribution in [-0.2, 0) is 6.42 Å². The Hall–Kier alpha value is -2.20. The van der Waals surface area contributed by atoms with Crippen molar-refractivity contribution >= 4 is 5.91 Å². The van der Waals surface area contributed by atoms with E-state index >= 15 is 0 Å². The quantitative estimate of drug-likeness (QED) is 0.850. The summed E-state index contributed by atoms with van der Waals surface area (Å²) in [7, 11) is 0. The van der Waals surface area contributed by atoms with Crippen LogP contribution in [0.1, 0.15) is 33.1 Å². The first-order valence-corrected chi connectivity index (χ1v) is 6.32. The number of fused-ring (bicyclic) bond motifs is 1. The van der Waals surface area contributed by atoms with E-state index in [1.165, 1.54) is 17.3 Å². The van der Waals surface area contributed by atoms with Gasteiger partial charge in [0.1, 0.15) is 0 Å². The average Bonchev–Trinajstić information content (AvgIpc) is 2.46. The molecule has 1 aromatic carbocycles.